The lowest BCUT2D eigenvalue weighted by Crippen LogP contribution is -2.29. The molecule has 0 saturated heterocycles. The van der Waals surface area contributed by atoms with Gasteiger partial charge in [-0.05, 0) is 19.1 Å². The van der Waals surface area contributed by atoms with Crippen LogP contribution in [0.2, 0.25) is 5.02 Å². The zero-order valence-electron chi connectivity index (χ0n) is 10.0. The fourth-order valence-corrected chi connectivity index (χ4v) is 3.11. The van der Waals surface area contributed by atoms with Crippen molar-refractivity contribution in [1.82, 2.24) is 4.98 Å². The number of hydrogen-bond acceptors (Lipinski definition) is 4. The number of benzene rings is 1. The van der Waals surface area contributed by atoms with Gasteiger partial charge in [0.05, 0.1) is 22.8 Å². The molecule has 0 atom stereocenters. The predicted octanol–water partition coefficient (Wildman–Crippen LogP) is 2.83. The number of rotatable bonds is 2. The molecule has 0 spiro atoms. The monoisotopic (exact) mass is 292 g/mol. The molecule has 1 aliphatic heterocycles. The zero-order valence-corrected chi connectivity index (χ0v) is 11.6. The Morgan fingerprint density at radius 3 is 2.84 bits per heavy atom. The molecule has 0 fully saturated rings. The minimum Gasteiger partial charge on any atom is -0.296 e. The molecule has 4 nitrogen and oxygen atoms in total. The lowest BCUT2D eigenvalue weighted by Gasteiger charge is -2.15. The molecule has 1 aromatic carbocycles. The molecule has 1 aromatic heterocycles. The van der Waals surface area contributed by atoms with Gasteiger partial charge in [0.2, 0.25) is 0 Å². The Hall–Kier alpha value is -1.72. The first-order chi connectivity index (χ1) is 9.08. The molecular weight excluding hydrogens is 284 g/mol. The van der Waals surface area contributed by atoms with Crippen LogP contribution in [0.15, 0.2) is 23.6 Å². The van der Waals surface area contributed by atoms with Crippen LogP contribution in [0.5, 0.6) is 0 Å². The third kappa shape index (κ3) is 1.95. The number of carbonyl (C=O) groups is 2. The summed E-state index contributed by atoms with van der Waals surface area (Å²) in [7, 11) is 0. The fourth-order valence-electron chi connectivity index (χ4n) is 2.07. The number of ketones is 1. The summed E-state index contributed by atoms with van der Waals surface area (Å²) >= 11 is 7.56. The van der Waals surface area contributed by atoms with Crippen molar-refractivity contribution in [3.05, 3.63) is 44.9 Å². The number of aryl methyl sites for hydroxylation is 1. The van der Waals surface area contributed by atoms with E-state index in [-0.39, 0.29) is 6.54 Å². The molecule has 1 aliphatic rings. The summed E-state index contributed by atoms with van der Waals surface area (Å²) in [5.74, 6) is -1.05. The van der Waals surface area contributed by atoms with Crippen molar-refractivity contribution in [1.29, 1.82) is 0 Å². The summed E-state index contributed by atoms with van der Waals surface area (Å²) in [5, 5.41) is 3.10. The molecular formula is C13H9ClN2O2S. The number of amides is 1. The largest absolute Gasteiger partial charge is 0.299 e. The molecule has 0 unspecified atom stereocenters. The Labute approximate surface area is 118 Å². The van der Waals surface area contributed by atoms with Crippen LogP contribution in [-0.2, 0) is 11.3 Å². The maximum atomic E-state index is 12.0. The molecule has 2 heterocycles. The molecule has 0 N–H and O–H groups in total. The van der Waals surface area contributed by atoms with E-state index < -0.39 is 11.7 Å². The quantitative estimate of drug-likeness (QED) is 0.800. The topological polar surface area (TPSA) is 50.3 Å². The summed E-state index contributed by atoms with van der Waals surface area (Å²) in [6, 6.07) is 4.96. The first-order valence-electron chi connectivity index (χ1n) is 5.63. The summed E-state index contributed by atoms with van der Waals surface area (Å²) in [6.07, 6.45) is 0. The highest BCUT2D eigenvalue weighted by atomic mass is 35.5. The first kappa shape index (κ1) is 12.3. The van der Waals surface area contributed by atoms with Gasteiger partial charge in [0, 0.05) is 11.1 Å². The average molecular weight is 293 g/mol. The van der Waals surface area contributed by atoms with E-state index in [4.69, 9.17) is 11.6 Å². The SMILES string of the molecule is Cc1csc(CN2C(=O)C(=O)c3cccc(Cl)c32)n1. The Morgan fingerprint density at radius 2 is 2.16 bits per heavy atom. The summed E-state index contributed by atoms with van der Waals surface area (Å²) in [4.78, 5) is 29.6. The molecule has 0 bridgehead atoms. The van der Waals surface area contributed by atoms with Crippen molar-refractivity contribution < 1.29 is 9.59 Å². The first-order valence-corrected chi connectivity index (χ1v) is 6.89. The Kier molecular flexibility index (Phi) is 2.88. The van der Waals surface area contributed by atoms with Gasteiger partial charge in [0.1, 0.15) is 5.01 Å². The number of fused-ring (bicyclic) bond motifs is 1. The molecule has 0 saturated carbocycles. The highest BCUT2D eigenvalue weighted by molar-refractivity contribution is 7.09. The van der Waals surface area contributed by atoms with Crippen LogP contribution in [0.3, 0.4) is 0 Å². The minimum absolute atomic E-state index is 0.278. The Bertz CT molecular complexity index is 696. The second kappa shape index (κ2) is 4.43. The number of hydrogen-bond donors (Lipinski definition) is 0. The van der Waals surface area contributed by atoms with Crippen molar-refractivity contribution in [3.63, 3.8) is 0 Å². The smallest absolute Gasteiger partial charge is 0.296 e. The molecule has 6 heteroatoms. The van der Waals surface area contributed by atoms with Crippen LogP contribution in [0, 0.1) is 6.92 Å². The number of aromatic nitrogens is 1. The lowest BCUT2D eigenvalue weighted by molar-refractivity contribution is -0.114. The van der Waals surface area contributed by atoms with Crippen molar-refractivity contribution in [2.75, 3.05) is 4.90 Å². The second-order valence-electron chi connectivity index (χ2n) is 4.24. The van der Waals surface area contributed by atoms with E-state index in [0.29, 0.717) is 16.3 Å². The fraction of sp³-hybridized carbons (Fsp3) is 0.154. The van der Waals surface area contributed by atoms with Crippen molar-refractivity contribution in [3.8, 4) is 0 Å². The van der Waals surface area contributed by atoms with Crippen LogP contribution in [0.1, 0.15) is 21.1 Å². The van der Waals surface area contributed by atoms with Crippen LogP contribution in [0.25, 0.3) is 0 Å². The van der Waals surface area contributed by atoms with E-state index >= 15 is 0 Å². The van der Waals surface area contributed by atoms with Crippen LogP contribution < -0.4 is 4.90 Å². The molecule has 3 rings (SSSR count). The predicted molar refractivity (Wildman–Crippen MR) is 73.8 cm³/mol. The standard InChI is InChI=1S/C13H9ClN2O2S/c1-7-6-19-10(15-7)5-16-11-8(12(17)13(16)18)3-2-4-9(11)14/h2-4,6H,5H2,1H3. The molecule has 0 aliphatic carbocycles. The molecule has 1 amide bonds. The number of halogens is 1. The zero-order chi connectivity index (χ0) is 13.6. The highest BCUT2D eigenvalue weighted by Crippen LogP contribution is 2.36. The number of carbonyl (C=O) groups excluding carboxylic acids is 2. The van der Waals surface area contributed by atoms with Gasteiger partial charge in [0.25, 0.3) is 11.7 Å². The van der Waals surface area contributed by atoms with E-state index in [9.17, 15) is 9.59 Å². The number of Topliss-reactive ketones (excluding diaryl/α,β-unsaturated/α-hetero) is 1. The maximum Gasteiger partial charge on any atom is 0.299 e. The maximum absolute atomic E-state index is 12.0. The summed E-state index contributed by atoms with van der Waals surface area (Å²) < 4.78 is 0. The Morgan fingerprint density at radius 1 is 1.37 bits per heavy atom. The van der Waals surface area contributed by atoms with Gasteiger partial charge >= 0.3 is 0 Å². The van der Waals surface area contributed by atoms with Crippen molar-refractivity contribution in [2.45, 2.75) is 13.5 Å². The van der Waals surface area contributed by atoms with Gasteiger partial charge in [0.15, 0.2) is 0 Å². The molecule has 19 heavy (non-hydrogen) atoms. The molecule has 0 radical (unpaired) electrons. The van der Waals surface area contributed by atoms with Crippen LogP contribution in [0.4, 0.5) is 5.69 Å². The average Bonchev–Trinajstić information content (AvgIpc) is 2.89. The molecule has 96 valence electrons. The van der Waals surface area contributed by atoms with Crippen molar-refractivity contribution in [2.24, 2.45) is 0 Å². The van der Waals surface area contributed by atoms with Gasteiger partial charge in [-0.2, -0.15) is 0 Å². The van der Waals surface area contributed by atoms with E-state index in [1.165, 1.54) is 16.2 Å². The van der Waals surface area contributed by atoms with Crippen LogP contribution >= 0.6 is 22.9 Å². The van der Waals surface area contributed by atoms with E-state index in [0.717, 1.165) is 10.7 Å². The van der Waals surface area contributed by atoms with Gasteiger partial charge in [-0.3, -0.25) is 14.5 Å². The highest BCUT2D eigenvalue weighted by Gasteiger charge is 2.37. The van der Waals surface area contributed by atoms with Gasteiger partial charge in [-0.25, -0.2) is 4.98 Å². The number of nitrogens with zero attached hydrogens (tertiary/aromatic N) is 2. The third-order valence-corrected chi connectivity index (χ3v) is 4.16. The second-order valence-corrected chi connectivity index (χ2v) is 5.59. The van der Waals surface area contributed by atoms with Crippen molar-refractivity contribution >= 4 is 40.3 Å². The summed E-state index contributed by atoms with van der Waals surface area (Å²) in [5.41, 5.74) is 1.76. The van der Waals surface area contributed by atoms with Gasteiger partial charge < -0.3 is 0 Å². The van der Waals surface area contributed by atoms with E-state index in [2.05, 4.69) is 4.98 Å². The van der Waals surface area contributed by atoms with Gasteiger partial charge in [-0.15, -0.1) is 11.3 Å². The number of anilines is 1. The third-order valence-electron chi connectivity index (χ3n) is 2.90. The minimum atomic E-state index is -0.545. The number of thiazole rings is 1. The van der Waals surface area contributed by atoms with E-state index in [1.54, 1.807) is 18.2 Å². The van der Waals surface area contributed by atoms with E-state index in [1.807, 2.05) is 12.3 Å². The van der Waals surface area contributed by atoms with Crippen LogP contribution in [-0.4, -0.2) is 16.7 Å². The molecule has 2 aromatic rings. The normalized spacial score (nSPS) is 14.1. The number of para-hydroxylation sites is 1. The Balaban J connectivity index is 2.04. The lowest BCUT2D eigenvalue weighted by atomic mass is 10.1. The summed E-state index contributed by atoms with van der Waals surface area (Å²) in [6.45, 7) is 2.16. The van der Waals surface area contributed by atoms with Gasteiger partial charge in [-0.1, -0.05) is 17.7 Å².